The van der Waals surface area contributed by atoms with Crippen LogP contribution in [0.2, 0.25) is 0 Å². The first-order valence-corrected chi connectivity index (χ1v) is 7.23. The lowest BCUT2D eigenvalue weighted by atomic mass is 10.0. The molecule has 18 heavy (non-hydrogen) atoms. The summed E-state index contributed by atoms with van der Waals surface area (Å²) in [6, 6.07) is 8.22. The van der Waals surface area contributed by atoms with Gasteiger partial charge in [0.1, 0.15) is 0 Å². The lowest BCUT2D eigenvalue weighted by Gasteiger charge is -2.21. The highest BCUT2D eigenvalue weighted by Gasteiger charge is 2.12. The van der Waals surface area contributed by atoms with Gasteiger partial charge in [-0.3, -0.25) is 0 Å². The zero-order valence-electron chi connectivity index (χ0n) is 11.4. The molecule has 100 valence electrons. The van der Waals surface area contributed by atoms with E-state index in [1.54, 1.807) is 0 Å². The van der Waals surface area contributed by atoms with Crippen molar-refractivity contribution in [2.24, 2.45) is 0 Å². The zero-order chi connectivity index (χ0) is 12.8. The van der Waals surface area contributed by atoms with Gasteiger partial charge in [0.2, 0.25) is 0 Å². The van der Waals surface area contributed by atoms with E-state index in [1.807, 2.05) is 12.1 Å². The highest BCUT2D eigenvalue weighted by molar-refractivity contribution is 5.23. The fourth-order valence-electron chi connectivity index (χ4n) is 2.71. The largest absolute Gasteiger partial charge is 0.388 e. The summed E-state index contributed by atoms with van der Waals surface area (Å²) in [4.78, 5) is 2.51. The maximum Gasteiger partial charge on any atom is 0.0802 e. The van der Waals surface area contributed by atoms with Crippen LogP contribution in [0.25, 0.3) is 0 Å². The van der Waals surface area contributed by atoms with Crippen LogP contribution in [0.5, 0.6) is 0 Å². The molecule has 1 aromatic carbocycles. The van der Waals surface area contributed by atoms with Crippen LogP contribution in [0, 0.1) is 6.92 Å². The standard InChI is InChI=1S/C16H25NO/c1-14-7-6-8-15(13-14)16(18)9-12-17-10-4-2-3-5-11-17/h6-8,13,16,18H,2-5,9-12H2,1H3. The average Bonchev–Trinajstić information content (AvgIpc) is 2.64. The lowest BCUT2D eigenvalue weighted by Crippen LogP contribution is -2.26. The minimum absolute atomic E-state index is 0.312. The Morgan fingerprint density at radius 3 is 2.56 bits per heavy atom. The predicted octanol–water partition coefficient (Wildman–Crippen LogP) is 3.29. The van der Waals surface area contributed by atoms with E-state index in [0.29, 0.717) is 0 Å². The van der Waals surface area contributed by atoms with Gasteiger partial charge in [0.05, 0.1) is 6.10 Å². The number of likely N-dealkylation sites (tertiary alicyclic amines) is 1. The second-order valence-corrected chi connectivity index (χ2v) is 5.47. The molecular weight excluding hydrogens is 222 g/mol. The summed E-state index contributed by atoms with van der Waals surface area (Å²) in [5, 5.41) is 10.2. The first-order chi connectivity index (χ1) is 8.75. The third-order valence-electron chi connectivity index (χ3n) is 3.84. The van der Waals surface area contributed by atoms with Crippen molar-refractivity contribution >= 4 is 0 Å². The number of aliphatic hydroxyl groups excluding tert-OH is 1. The van der Waals surface area contributed by atoms with Crippen molar-refractivity contribution in [3.05, 3.63) is 35.4 Å². The second kappa shape index (κ2) is 6.91. The van der Waals surface area contributed by atoms with Crippen molar-refractivity contribution in [1.82, 2.24) is 4.90 Å². The van der Waals surface area contributed by atoms with E-state index in [0.717, 1.165) is 18.5 Å². The molecule has 1 aromatic rings. The predicted molar refractivity (Wildman–Crippen MR) is 75.7 cm³/mol. The van der Waals surface area contributed by atoms with Gasteiger partial charge in [0.25, 0.3) is 0 Å². The topological polar surface area (TPSA) is 23.5 Å². The Morgan fingerprint density at radius 1 is 1.17 bits per heavy atom. The Balaban J connectivity index is 1.82. The van der Waals surface area contributed by atoms with Crippen LogP contribution in [-0.4, -0.2) is 29.6 Å². The van der Waals surface area contributed by atoms with Gasteiger partial charge in [0, 0.05) is 6.54 Å². The van der Waals surface area contributed by atoms with E-state index in [9.17, 15) is 5.11 Å². The molecule has 1 aliphatic rings. The van der Waals surface area contributed by atoms with Crippen molar-refractivity contribution in [2.45, 2.75) is 45.1 Å². The van der Waals surface area contributed by atoms with Gasteiger partial charge in [-0.05, 0) is 44.8 Å². The molecule has 2 rings (SSSR count). The molecule has 0 amide bonds. The zero-order valence-corrected chi connectivity index (χ0v) is 11.4. The van der Waals surface area contributed by atoms with Crippen LogP contribution < -0.4 is 0 Å². The van der Waals surface area contributed by atoms with Crippen LogP contribution >= 0.6 is 0 Å². The third kappa shape index (κ3) is 4.11. The smallest absolute Gasteiger partial charge is 0.0802 e. The number of aryl methyl sites for hydroxylation is 1. The number of nitrogens with zero attached hydrogens (tertiary/aromatic N) is 1. The second-order valence-electron chi connectivity index (χ2n) is 5.47. The summed E-state index contributed by atoms with van der Waals surface area (Å²) in [5.41, 5.74) is 2.28. The maximum absolute atomic E-state index is 10.2. The molecule has 1 unspecified atom stereocenters. The van der Waals surface area contributed by atoms with Crippen LogP contribution in [-0.2, 0) is 0 Å². The van der Waals surface area contributed by atoms with E-state index < -0.39 is 0 Å². The molecule has 1 aliphatic heterocycles. The van der Waals surface area contributed by atoms with Gasteiger partial charge in [-0.15, -0.1) is 0 Å². The first-order valence-electron chi connectivity index (χ1n) is 7.23. The molecule has 1 fully saturated rings. The third-order valence-corrected chi connectivity index (χ3v) is 3.84. The van der Waals surface area contributed by atoms with Crippen LogP contribution in [0.15, 0.2) is 24.3 Å². The fourth-order valence-corrected chi connectivity index (χ4v) is 2.71. The normalized spacial score (nSPS) is 19.4. The molecule has 0 spiro atoms. The first kappa shape index (κ1) is 13.6. The van der Waals surface area contributed by atoms with Gasteiger partial charge >= 0.3 is 0 Å². The van der Waals surface area contributed by atoms with Crippen molar-refractivity contribution in [3.8, 4) is 0 Å². The highest BCUT2D eigenvalue weighted by atomic mass is 16.3. The molecule has 2 heteroatoms. The molecule has 0 bridgehead atoms. The van der Waals surface area contributed by atoms with E-state index in [-0.39, 0.29) is 6.10 Å². The number of benzene rings is 1. The number of rotatable bonds is 4. The molecule has 1 saturated heterocycles. The molecular formula is C16H25NO. The summed E-state index contributed by atoms with van der Waals surface area (Å²) in [5.74, 6) is 0. The van der Waals surface area contributed by atoms with Crippen molar-refractivity contribution in [1.29, 1.82) is 0 Å². The number of aliphatic hydroxyl groups is 1. The van der Waals surface area contributed by atoms with Crippen molar-refractivity contribution in [3.63, 3.8) is 0 Å². The van der Waals surface area contributed by atoms with E-state index in [4.69, 9.17) is 0 Å². The quantitative estimate of drug-likeness (QED) is 0.882. The van der Waals surface area contributed by atoms with Gasteiger partial charge in [-0.1, -0.05) is 42.7 Å². The Labute approximate surface area is 111 Å². The number of hydrogen-bond acceptors (Lipinski definition) is 2. The Morgan fingerprint density at radius 2 is 1.89 bits per heavy atom. The lowest BCUT2D eigenvalue weighted by molar-refractivity contribution is 0.143. The summed E-state index contributed by atoms with van der Waals surface area (Å²) in [6.07, 6.45) is 5.92. The maximum atomic E-state index is 10.2. The summed E-state index contributed by atoms with van der Waals surface area (Å²) in [6.45, 7) is 5.52. The van der Waals surface area contributed by atoms with Crippen LogP contribution in [0.4, 0.5) is 0 Å². The van der Waals surface area contributed by atoms with E-state index >= 15 is 0 Å². The summed E-state index contributed by atoms with van der Waals surface area (Å²) in [7, 11) is 0. The Hall–Kier alpha value is -0.860. The molecule has 0 aliphatic carbocycles. The van der Waals surface area contributed by atoms with Crippen molar-refractivity contribution < 1.29 is 5.11 Å². The van der Waals surface area contributed by atoms with Crippen molar-refractivity contribution in [2.75, 3.05) is 19.6 Å². The van der Waals surface area contributed by atoms with Gasteiger partial charge < -0.3 is 10.0 Å². The fraction of sp³-hybridized carbons (Fsp3) is 0.625. The monoisotopic (exact) mass is 247 g/mol. The molecule has 0 aromatic heterocycles. The van der Waals surface area contributed by atoms with E-state index in [1.165, 1.54) is 44.3 Å². The van der Waals surface area contributed by atoms with Crippen LogP contribution in [0.3, 0.4) is 0 Å². The van der Waals surface area contributed by atoms with Crippen LogP contribution in [0.1, 0.15) is 49.3 Å². The summed E-state index contributed by atoms with van der Waals surface area (Å²) >= 11 is 0. The molecule has 0 saturated carbocycles. The van der Waals surface area contributed by atoms with Gasteiger partial charge in [-0.25, -0.2) is 0 Å². The molecule has 1 N–H and O–H groups in total. The Bertz CT molecular complexity index is 356. The number of hydrogen-bond donors (Lipinski definition) is 1. The highest BCUT2D eigenvalue weighted by Crippen LogP contribution is 2.19. The molecule has 2 nitrogen and oxygen atoms in total. The van der Waals surface area contributed by atoms with Gasteiger partial charge in [0.15, 0.2) is 0 Å². The molecule has 1 atom stereocenters. The average molecular weight is 247 g/mol. The SMILES string of the molecule is Cc1cccc(C(O)CCN2CCCCCC2)c1. The Kier molecular flexibility index (Phi) is 5.21. The van der Waals surface area contributed by atoms with Gasteiger partial charge in [-0.2, -0.15) is 0 Å². The molecule has 0 radical (unpaired) electrons. The summed E-state index contributed by atoms with van der Waals surface area (Å²) < 4.78 is 0. The minimum Gasteiger partial charge on any atom is -0.388 e. The molecule has 1 heterocycles. The minimum atomic E-state index is -0.312. The van der Waals surface area contributed by atoms with E-state index in [2.05, 4.69) is 24.0 Å².